The Kier molecular flexibility index (Phi) is 6.04. The lowest BCUT2D eigenvalue weighted by Gasteiger charge is -2.27. The maximum atomic E-state index is 13.4. The van der Waals surface area contributed by atoms with E-state index >= 15 is 0 Å². The summed E-state index contributed by atoms with van der Waals surface area (Å²) in [6, 6.07) is 3.77. The summed E-state index contributed by atoms with van der Waals surface area (Å²) in [4.78, 5) is 14.8. The smallest absolute Gasteiger partial charge is 0.276 e. The number of nitrogens with zero attached hydrogens (tertiary/aromatic N) is 4. The first-order valence-electron chi connectivity index (χ1n) is 9.12. The normalized spacial score (nSPS) is 18.4. The first-order chi connectivity index (χ1) is 13.2. The third kappa shape index (κ3) is 4.20. The van der Waals surface area contributed by atoms with E-state index in [9.17, 15) is 17.6 Å². The van der Waals surface area contributed by atoms with Crippen molar-refractivity contribution in [3.8, 4) is 5.69 Å². The summed E-state index contributed by atoms with van der Waals surface area (Å²) in [7, 11) is -3.12. The van der Waals surface area contributed by atoms with Crippen LogP contribution in [0.4, 0.5) is 4.39 Å². The van der Waals surface area contributed by atoms with Gasteiger partial charge in [-0.1, -0.05) is 30.2 Å². The molecule has 1 amide bonds. The Morgan fingerprint density at radius 3 is 2.79 bits per heavy atom. The van der Waals surface area contributed by atoms with Crippen molar-refractivity contribution in [3.05, 3.63) is 40.4 Å². The van der Waals surface area contributed by atoms with Gasteiger partial charge < -0.3 is 4.90 Å². The van der Waals surface area contributed by atoms with E-state index in [1.165, 1.54) is 22.9 Å². The molecular weight excluding hydrogens is 407 g/mol. The highest BCUT2D eigenvalue weighted by Crippen LogP contribution is 2.23. The van der Waals surface area contributed by atoms with Crippen LogP contribution in [0.2, 0.25) is 5.02 Å². The molecule has 0 saturated carbocycles. The number of benzene rings is 1. The molecule has 0 N–H and O–H groups in total. The molecule has 0 aliphatic carbocycles. The zero-order valence-electron chi connectivity index (χ0n) is 15.7. The summed E-state index contributed by atoms with van der Waals surface area (Å²) in [6.45, 7) is 4.16. The molecule has 10 heteroatoms. The van der Waals surface area contributed by atoms with Crippen molar-refractivity contribution in [2.75, 3.05) is 18.1 Å². The standard InChI is InChI=1S/C18H22ClFN4O3S/c1-3-4-8-23(14-7-9-28(26,27)11-14)18(25)17-12(2)24(22-21-17)13-5-6-16(20)15(19)10-13/h5-6,10,14H,3-4,7-9,11H2,1-2H3. The van der Waals surface area contributed by atoms with Gasteiger partial charge in [0.25, 0.3) is 5.91 Å². The molecular formula is C18H22ClFN4O3S. The van der Waals surface area contributed by atoms with E-state index in [1.54, 1.807) is 11.8 Å². The fraction of sp³-hybridized carbons (Fsp3) is 0.500. The van der Waals surface area contributed by atoms with Gasteiger partial charge >= 0.3 is 0 Å². The number of unbranched alkanes of at least 4 members (excludes halogenated alkanes) is 1. The summed E-state index contributed by atoms with van der Waals surface area (Å²) >= 11 is 5.84. The second-order valence-electron chi connectivity index (χ2n) is 6.94. The second-order valence-corrected chi connectivity index (χ2v) is 9.58. The maximum absolute atomic E-state index is 13.4. The summed E-state index contributed by atoms with van der Waals surface area (Å²) in [6.07, 6.45) is 2.07. The predicted octanol–water partition coefficient (Wildman–Crippen LogP) is 2.80. The Balaban J connectivity index is 1.91. The summed E-state index contributed by atoms with van der Waals surface area (Å²) in [5, 5.41) is 7.98. The number of carbonyl (C=O) groups excluding carboxylic acids is 1. The van der Waals surface area contributed by atoms with Crippen LogP contribution in [-0.4, -0.2) is 58.3 Å². The van der Waals surface area contributed by atoms with Crippen LogP contribution in [-0.2, 0) is 9.84 Å². The maximum Gasteiger partial charge on any atom is 0.276 e. The third-order valence-electron chi connectivity index (χ3n) is 4.91. The van der Waals surface area contributed by atoms with Gasteiger partial charge in [-0.25, -0.2) is 17.5 Å². The minimum absolute atomic E-state index is 0.0246. The molecule has 7 nitrogen and oxygen atoms in total. The lowest BCUT2D eigenvalue weighted by Crippen LogP contribution is -2.42. The van der Waals surface area contributed by atoms with Crippen LogP contribution in [0, 0.1) is 12.7 Å². The van der Waals surface area contributed by atoms with Gasteiger partial charge in [0.2, 0.25) is 0 Å². The van der Waals surface area contributed by atoms with Crippen molar-refractivity contribution in [1.82, 2.24) is 19.9 Å². The fourth-order valence-electron chi connectivity index (χ4n) is 3.32. The molecule has 3 rings (SSSR count). The number of rotatable bonds is 6. The monoisotopic (exact) mass is 428 g/mol. The highest BCUT2D eigenvalue weighted by atomic mass is 35.5. The Morgan fingerprint density at radius 2 is 2.18 bits per heavy atom. The molecule has 1 fully saturated rings. The molecule has 0 spiro atoms. The molecule has 1 aliphatic rings. The molecule has 2 heterocycles. The van der Waals surface area contributed by atoms with Crippen LogP contribution >= 0.6 is 11.6 Å². The van der Waals surface area contributed by atoms with Crippen molar-refractivity contribution in [3.63, 3.8) is 0 Å². The van der Waals surface area contributed by atoms with E-state index in [0.717, 1.165) is 12.8 Å². The Hall–Kier alpha value is -2.00. The summed E-state index contributed by atoms with van der Waals surface area (Å²) in [5.41, 5.74) is 1.12. The fourth-order valence-corrected chi connectivity index (χ4v) is 5.23. The van der Waals surface area contributed by atoms with Crippen molar-refractivity contribution in [2.24, 2.45) is 0 Å². The van der Waals surface area contributed by atoms with Crippen molar-refractivity contribution in [2.45, 2.75) is 39.2 Å². The van der Waals surface area contributed by atoms with Gasteiger partial charge in [-0.3, -0.25) is 4.79 Å². The predicted molar refractivity (Wildman–Crippen MR) is 104 cm³/mol. The van der Waals surface area contributed by atoms with E-state index in [4.69, 9.17) is 11.6 Å². The van der Waals surface area contributed by atoms with Crippen LogP contribution in [0.25, 0.3) is 5.69 Å². The highest BCUT2D eigenvalue weighted by Gasteiger charge is 2.36. The summed E-state index contributed by atoms with van der Waals surface area (Å²) in [5.74, 6) is -0.823. The molecule has 28 heavy (non-hydrogen) atoms. The molecule has 0 bridgehead atoms. The zero-order chi connectivity index (χ0) is 20.5. The van der Waals surface area contributed by atoms with E-state index in [-0.39, 0.29) is 34.2 Å². The number of amides is 1. The average Bonchev–Trinajstić information content (AvgIpc) is 3.20. The van der Waals surface area contributed by atoms with Crippen LogP contribution in [0.3, 0.4) is 0 Å². The largest absolute Gasteiger partial charge is 0.333 e. The average molecular weight is 429 g/mol. The van der Waals surface area contributed by atoms with E-state index in [1.807, 2.05) is 6.92 Å². The minimum Gasteiger partial charge on any atom is -0.333 e. The van der Waals surface area contributed by atoms with Gasteiger partial charge in [0.05, 0.1) is 27.9 Å². The first kappa shape index (κ1) is 20.7. The van der Waals surface area contributed by atoms with Gasteiger partial charge in [-0.2, -0.15) is 0 Å². The van der Waals surface area contributed by atoms with Gasteiger partial charge in [-0.05, 0) is 38.0 Å². The second kappa shape index (κ2) is 8.16. The number of halogens is 2. The number of sulfone groups is 1. The quantitative estimate of drug-likeness (QED) is 0.706. The SMILES string of the molecule is CCCCN(C(=O)c1nnn(-c2ccc(F)c(Cl)c2)c1C)C1CCS(=O)(=O)C1. The van der Waals surface area contributed by atoms with Crippen molar-refractivity contribution >= 4 is 27.3 Å². The molecule has 1 atom stereocenters. The molecule has 1 unspecified atom stereocenters. The topological polar surface area (TPSA) is 85.2 Å². The van der Waals surface area contributed by atoms with Gasteiger partial charge in [-0.15, -0.1) is 5.10 Å². The zero-order valence-corrected chi connectivity index (χ0v) is 17.3. The van der Waals surface area contributed by atoms with E-state index < -0.39 is 15.7 Å². The van der Waals surface area contributed by atoms with Gasteiger partial charge in [0.1, 0.15) is 5.82 Å². The molecule has 2 aromatic rings. The molecule has 1 aromatic heterocycles. The third-order valence-corrected chi connectivity index (χ3v) is 6.95. The molecule has 1 aromatic carbocycles. The van der Waals surface area contributed by atoms with Gasteiger partial charge in [0.15, 0.2) is 15.5 Å². The first-order valence-corrected chi connectivity index (χ1v) is 11.3. The molecule has 1 saturated heterocycles. The van der Waals surface area contributed by atoms with Crippen LogP contribution in [0.1, 0.15) is 42.4 Å². The highest BCUT2D eigenvalue weighted by molar-refractivity contribution is 7.91. The molecule has 152 valence electrons. The van der Waals surface area contributed by atoms with E-state index in [0.29, 0.717) is 24.3 Å². The molecule has 0 radical (unpaired) electrons. The number of hydrogen-bond acceptors (Lipinski definition) is 5. The lowest BCUT2D eigenvalue weighted by molar-refractivity contribution is 0.0687. The Labute approximate surface area is 168 Å². The van der Waals surface area contributed by atoms with Crippen LogP contribution < -0.4 is 0 Å². The number of aromatic nitrogens is 3. The van der Waals surface area contributed by atoms with Crippen molar-refractivity contribution < 1.29 is 17.6 Å². The number of hydrogen-bond donors (Lipinski definition) is 0. The van der Waals surface area contributed by atoms with Crippen LogP contribution in [0.5, 0.6) is 0 Å². The Morgan fingerprint density at radius 1 is 1.43 bits per heavy atom. The van der Waals surface area contributed by atoms with Crippen molar-refractivity contribution in [1.29, 1.82) is 0 Å². The lowest BCUT2D eigenvalue weighted by atomic mass is 10.1. The number of carbonyl (C=O) groups is 1. The van der Waals surface area contributed by atoms with Gasteiger partial charge in [0, 0.05) is 12.6 Å². The minimum atomic E-state index is -3.12. The summed E-state index contributed by atoms with van der Waals surface area (Å²) < 4.78 is 38.6. The molecule has 1 aliphatic heterocycles. The Bertz CT molecular complexity index is 993. The van der Waals surface area contributed by atoms with E-state index in [2.05, 4.69) is 10.3 Å². The van der Waals surface area contributed by atoms with Crippen LogP contribution in [0.15, 0.2) is 18.2 Å².